The first-order chi connectivity index (χ1) is 13.9. The van der Waals surface area contributed by atoms with E-state index in [1.807, 2.05) is 0 Å². The summed E-state index contributed by atoms with van der Waals surface area (Å²) in [5.41, 5.74) is 0.102. The van der Waals surface area contributed by atoms with Crippen LogP contribution in [0.15, 0.2) is 23.6 Å². The molecular formula is C19H20ClN3O5S. The number of benzene rings is 1. The Balaban J connectivity index is 1.90. The van der Waals surface area contributed by atoms with Gasteiger partial charge in [0.2, 0.25) is 0 Å². The Kier molecular flexibility index (Phi) is 6.81. The number of hydrogen-bond acceptors (Lipinski definition) is 7. The van der Waals surface area contributed by atoms with Crippen molar-refractivity contribution in [3.63, 3.8) is 0 Å². The van der Waals surface area contributed by atoms with Gasteiger partial charge in [-0.1, -0.05) is 30.9 Å². The number of ether oxygens (including phenoxy) is 1. The van der Waals surface area contributed by atoms with E-state index in [2.05, 4.69) is 9.72 Å². The number of halogens is 1. The number of carbonyl (C=O) groups excluding carboxylic acids is 2. The molecule has 0 aliphatic heterocycles. The Bertz CT molecular complexity index is 926. The number of aromatic nitrogens is 1. The van der Waals surface area contributed by atoms with Gasteiger partial charge in [-0.25, -0.2) is 9.78 Å². The molecule has 3 rings (SSSR count). The van der Waals surface area contributed by atoms with Gasteiger partial charge >= 0.3 is 5.97 Å². The largest absolute Gasteiger partial charge is 0.464 e. The van der Waals surface area contributed by atoms with E-state index in [1.54, 1.807) is 10.3 Å². The molecular weight excluding hydrogens is 418 g/mol. The molecule has 1 aliphatic carbocycles. The third-order valence-corrected chi connectivity index (χ3v) is 6.07. The van der Waals surface area contributed by atoms with Gasteiger partial charge in [0.05, 0.1) is 18.6 Å². The summed E-state index contributed by atoms with van der Waals surface area (Å²) in [5.74, 6) is -0.845. The van der Waals surface area contributed by atoms with Crippen LogP contribution in [0.25, 0.3) is 0 Å². The number of esters is 1. The van der Waals surface area contributed by atoms with E-state index in [9.17, 15) is 19.7 Å². The van der Waals surface area contributed by atoms with Crippen molar-refractivity contribution in [1.82, 2.24) is 9.88 Å². The van der Waals surface area contributed by atoms with Crippen LogP contribution in [-0.4, -0.2) is 39.8 Å². The van der Waals surface area contributed by atoms with E-state index in [-0.39, 0.29) is 40.5 Å². The summed E-state index contributed by atoms with van der Waals surface area (Å²) in [5, 5.41) is 13.4. The van der Waals surface area contributed by atoms with Crippen molar-refractivity contribution in [2.75, 3.05) is 7.11 Å². The van der Waals surface area contributed by atoms with Crippen LogP contribution >= 0.6 is 22.9 Å². The lowest BCUT2D eigenvalue weighted by molar-refractivity contribution is -0.384. The molecule has 154 valence electrons. The molecule has 29 heavy (non-hydrogen) atoms. The highest BCUT2D eigenvalue weighted by molar-refractivity contribution is 7.09. The van der Waals surface area contributed by atoms with E-state index in [4.69, 9.17) is 11.6 Å². The molecule has 1 amide bonds. The first-order valence-electron chi connectivity index (χ1n) is 9.18. The van der Waals surface area contributed by atoms with E-state index < -0.39 is 10.9 Å². The second-order valence-electron chi connectivity index (χ2n) is 6.77. The number of amides is 1. The first-order valence-corrected chi connectivity index (χ1v) is 10.4. The number of rotatable bonds is 6. The molecule has 10 heteroatoms. The zero-order chi connectivity index (χ0) is 21.0. The van der Waals surface area contributed by atoms with Gasteiger partial charge in [0.25, 0.3) is 11.6 Å². The summed E-state index contributed by atoms with van der Waals surface area (Å²) in [7, 11) is 1.28. The highest BCUT2D eigenvalue weighted by Gasteiger charge is 2.29. The van der Waals surface area contributed by atoms with Gasteiger partial charge in [-0.05, 0) is 25.0 Å². The Morgan fingerprint density at radius 3 is 2.72 bits per heavy atom. The normalized spacial score (nSPS) is 14.4. The van der Waals surface area contributed by atoms with Crippen LogP contribution in [0.1, 0.15) is 58.0 Å². The third kappa shape index (κ3) is 4.91. The maximum Gasteiger partial charge on any atom is 0.357 e. The SMILES string of the molecule is COC(=O)c1csc(CN(C(=O)c2ccc(Cl)c([N+](=O)[O-])c2)C2CCCCC2)n1. The molecule has 0 N–H and O–H groups in total. The zero-order valence-electron chi connectivity index (χ0n) is 15.8. The molecule has 1 fully saturated rings. The minimum Gasteiger partial charge on any atom is -0.464 e. The Labute approximate surface area is 176 Å². The fraction of sp³-hybridized carbons (Fsp3) is 0.421. The number of nitro benzene ring substituents is 1. The number of carbonyl (C=O) groups is 2. The molecule has 1 aromatic carbocycles. The van der Waals surface area contributed by atoms with Crippen molar-refractivity contribution in [3.05, 3.63) is 55.0 Å². The maximum atomic E-state index is 13.3. The molecule has 0 saturated heterocycles. The highest BCUT2D eigenvalue weighted by Crippen LogP contribution is 2.29. The summed E-state index contributed by atoms with van der Waals surface area (Å²) in [6.45, 7) is 0.224. The lowest BCUT2D eigenvalue weighted by Gasteiger charge is -2.34. The van der Waals surface area contributed by atoms with Crippen molar-refractivity contribution < 1.29 is 19.2 Å². The molecule has 0 bridgehead atoms. The van der Waals surface area contributed by atoms with Crippen LogP contribution in [0.3, 0.4) is 0 Å². The molecule has 0 radical (unpaired) electrons. The lowest BCUT2D eigenvalue weighted by atomic mass is 9.93. The van der Waals surface area contributed by atoms with Gasteiger partial charge in [-0.2, -0.15) is 0 Å². The number of hydrogen-bond donors (Lipinski definition) is 0. The number of thiazole rings is 1. The van der Waals surface area contributed by atoms with E-state index in [0.717, 1.165) is 32.1 Å². The van der Waals surface area contributed by atoms with Gasteiger partial charge in [-0.3, -0.25) is 14.9 Å². The lowest BCUT2D eigenvalue weighted by Crippen LogP contribution is -2.41. The molecule has 1 heterocycles. The summed E-state index contributed by atoms with van der Waals surface area (Å²) >= 11 is 7.15. The van der Waals surface area contributed by atoms with Crippen molar-refractivity contribution in [2.45, 2.75) is 44.7 Å². The Morgan fingerprint density at radius 1 is 1.34 bits per heavy atom. The average Bonchev–Trinajstić information content (AvgIpc) is 3.20. The van der Waals surface area contributed by atoms with Crippen LogP contribution < -0.4 is 0 Å². The molecule has 1 aliphatic rings. The smallest absolute Gasteiger partial charge is 0.357 e. The maximum absolute atomic E-state index is 13.3. The summed E-state index contributed by atoms with van der Waals surface area (Å²) in [4.78, 5) is 41.5. The zero-order valence-corrected chi connectivity index (χ0v) is 17.4. The van der Waals surface area contributed by atoms with Crippen molar-refractivity contribution in [2.24, 2.45) is 0 Å². The van der Waals surface area contributed by atoms with Crippen LogP contribution in [0, 0.1) is 10.1 Å². The summed E-state index contributed by atoms with van der Waals surface area (Å²) < 4.78 is 4.68. The van der Waals surface area contributed by atoms with Crippen LogP contribution in [-0.2, 0) is 11.3 Å². The summed E-state index contributed by atoms with van der Waals surface area (Å²) in [6, 6.07) is 4.08. The quantitative estimate of drug-likeness (QED) is 0.375. The molecule has 1 aromatic heterocycles. The van der Waals surface area contributed by atoms with Crippen LogP contribution in [0.5, 0.6) is 0 Å². The van der Waals surface area contributed by atoms with Gasteiger partial charge < -0.3 is 9.64 Å². The fourth-order valence-electron chi connectivity index (χ4n) is 3.44. The monoisotopic (exact) mass is 437 g/mol. The molecule has 0 atom stereocenters. The van der Waals surface area contributed by atoms with Gasteiger partial charge in [0, 0.05) is 23.1 Å². The number of methoxy groups -OCH3 is 1. The number of nitro groups is 1. The van der Waals surface area contributed by atoms with Crippen molar-refractivity contribution in [1.29, 1.82) is 0 Å². The number of nitrogens with zero attached hydrogens (tertiary/aromatic N) is 3. The van der Waals surface area contributed by atoms with Gasteiger partial charge in [-0.15, -0.1) is 11.3 Å². The molecule has 0 spiro atoms. The second kappa shape index (κ2) is 9.32. The Hall–Kier alpha value is -2.52. The van der Waals surface area contributed by atoms with Gasteiger partial charge in [0.15, 0.2) is 5.69 Å². The van der Waals surface area contributed by atoms with Crippen molar-refractivity contribution >= 4 is 40.5 Å². The molecule has 1 saturated carbocycles. The predicted octanol–water partition coefficient (Wildman–Crippen LogP) is 4.47. The minimum atomic E-state index is -0.604. The van der Waals surface area contributed by atoms with E-state index in [0.29, 0.717) is 5.01 Å². The second-order valence-corrected chi connectivity index (χ2v) is 8.12. The predicted molar refractivity (Wildman–Crippen MR) is 108 cm³/mol. The molecule has 2 aromatic rings. The molecule has 0 unspecified atom stereocenters. The fourth-order valence-corrected chi connectivity index (χ4v) is 4.39. The minimum absolute atomic E-state index is 0.0106. The van der Waals surface area contributed by atoms with Gasteiger partial charge in [0.1, 0.15) is 10.0 Å². The van der Waals surface area contributed by atoms with Crippen molar-refractivity contribution in [3.8, 4) is 0 Å². The first kappa shape index (κ1) is 21.2. The van der Waals surface area contributed by atoms with E-state index in [1.165, 1.54) is 36.6 Å². The van der Waals surface area contributed by atoms with Crippen LogP contribution in [0.2, 0.25) is 5.02 Å². The highest BCUT2D eigenvalue weighted by atomic mass is 35.5. The van der Waals surface area contributed by atoms with Crippen LogP contribution in [0.4, 0.5) is 5.69 Å². The average molecular weight is 438 g/mol. The summed E-state index contributed by atoms with van der Waals surface area (Å²) in [6.07, 6.45) is 4.86. The third-order valence-electron chi connectivity index (χ3n) is 4.92. The molecule has 8 nitrogen and oxygen atoms in total. The van der Waals surface area contributed by atoms with E-state index >= 15 is 0 Å². The Morgan fingerprint density at radius 2 is 2.07 bits per heavy atom. The topological polar surface area (TPSA) is 103 Å². The standard InChI is InChI=1S/C19H20ClN3O5S/c1-28-19(25)15-11-29-17(21-15)10-22(13-5-3-2-4-6-13)18(24)12-7-8-14(20)16(9-12)23(26)27/h7-9,11,13H,2-6,10H2,1H3.